The minimum absolute atomic E-state index is 0.0106. The van der Waals surface area contributed by atoms with Crippen LogP contribution in [0.3, 0.4) is 0 Å². The molecule has 1 amide bonds. The fourth-order valence-electron chi connectivity index (χ4n) is 1.18. The molecule has 1 rings (SSSR count). The Balaban J connectivity index is 2.60. The highest BCUT2D eigenvalue weighted by Crippen LogP contribution is 2.24. The summed E-state index contributed by atoms with van der Waals surface area (Å²) >= 11 is 5.91. The molecule has 0 saturated heterocycles. The number of hydrogen-bond donors (Lipinski definition) is 2. The van der Waals surface area contributed by atoms with Gasteiger partial charge in [0.05, 0.1) is 10.7 Å². The summed E-state index contributed by atoms with van der Waals surface area (Å²) in [6.45, 7) is 2.05. The third kappa shape index (κ3) is 3.80. The molecule has 0 bridgehead atoms. The maximum Gasteiger partial charge on any atom is 0.224 e. The maximum atomic E-state index is 11.4. The van der Waals surface area contributed by atoms with Gasteiger partial charge in [-0.1, -0.05) is 24.9 Å². The van der Waals surface area contributed by atoms with E-state index in [1.165, 1.54) is 0 Å². The van der Waals surface area contributed by atoms with E-state index >= 15 is 0 Å². The van der Waals surface area contributed by atoms with Crippen molar-refractivity contribution in [2.45, 2.75) is 26.2 Å². The van der Waals surface area contributed by atoms with Crippen molar-refractivity contribution in [1.82, 2.24) is 0 Å². The van der Waals surface area contributed by atoms with Crippen molar-refractivity contribution < 1.29 is 4.79 Å². The third-order valence-corrected chi connectivity index (χ3v) is 2.34. The lowest BCUT2D eigenvalue weighted by molar-refractivity contribution is -0.116. The fourth-order valence-corrected chi connectivity index (χ4v) is 1.42. The first kappa shape index (κ1) is 11.9. The molecule has 82 valence electrons. The second kappa shape index (κ2) is 5.61. The van der Waals surface area contributed by atoms with E-state index < -0.39 is 0 Å². The highest BCUT2D eigenvalue weighted by Gasteiger charge is 2.05. The van der Waals surface area contributed by atoms with Gasteiger partial charge in [0.15, 0.2) is 0 Å². The van der Waals surface area contributed by atoms with Crippen LogP contribution >= 0.6 is 11.6 Å². The number of hydrogen-bond acceptors (Lipinski definition) is 2. The zero-order chi connectivity index (χ0) is 11.3. The topological polar surface area (TPSA) is 55.1 Å². The van der Waals surface area contributed by atoms with Crippen LogP contribution in [-0.2, 0) is 4.79 Å². The highest BCUT2D eigenvalue weighted by atomic mass is 35.5. The molecule has 0 saturated carbocycles. The number of carbonyl (C=O) groups is 1. The number of nitrogens with two attached hydrogens (primary N) is 1. The van der Waals surface area contributed by atoms with Gasteiger partial charge in [-0.05, 0) is 24.6 Å². The third-order valence-electron chi connectivity index (χ3n) is 2.02. The first-order chi connectivity index (χ1) is 7.13. The van der Waals surface area contributed by atoms with Crippen molar-refractivity contribution in [3.8, 4) is 0 Å². The average molecular weight is 227 g/mol. The molecule has 0 unspecified atom stereocenters. The van der Waals surface area contributed by atoms with Crippen LogP contribution in [0.25, 0.3) is 0 Å². The molecule has 0 aliphatic carbocycles. The number of nitrogens with one attached hydrogen (secondary N) is 1. The van der Waals surface area contributed by atoms with E-state index in [9.17, 15) is 4.79 Å². The normalized spacial score (nSPS) is 10.0. The number of halogens is 1. The molecular formula is C11H15ClN2O. The number of unbranched alkanes of at least 4 members (excludes halogenated alkanes) is 1. The number of carbonyl (C=O) groups excluding carboxylic acids is 1. The molecule has 4 heteroatoms. The van der Waals surface area contributed by atoms with E-state index in [0.717, 1.165) is 12.8 Å². The minimum atomic E-state index is -0.0106. The van der Waals surface area contributed by atoms with Crippen LogP contribution in [0.2, 0.25) is 5.02 Å². The van der Waals surface area contributed by atoms with Crippen molar-refractivity contribution in [1.29, 1.82) is 0 Å². The fraction of sp³-hybridized carbons (Fsp3) is 0.364. The minimum Gasteiger partial charge on any atom is -0.399 e. The van der Waals surface area contributed by atoms with Crippen LogP contribution in [0.5, 0.6) is 0 Å². The van der Waals surface area contributed by atoms with Crippen LogP contribution < -0.4 is 11.1 Å². The van der Waals surface area contributed by atoms with E-state index in [1.807, 2.05) is 6.92 Å². The molecule has 1 aromatic carbocycles. The van der Waals surface area contributed by atoms with Gasteiger partial charge >= 0.3 is 0 Å². The van der Waals surface area contributed by atoms with Crippen LogP contribution in [-0.4, -0.2) is 5.91 Å². The zero-order valence-corrected chi connectivity index (χ0v) is 9.47. The summed E-state index contributed by atoms with van der Waals surface area (Å²) in [6.07, 6.45) is 2.42. The summed E-state index contributed by atoms with van der Waals surface area (Å²) in [5.41, 5.74) is 6.75. The van der Waals surface area contributed by atoms with Crippen LogP contribution in [0.15, 0.2) is 18.2 Å². The van der Waals surface area contributed by atoms with Gasteiger partial charge in [-0.15, -0.1) is 0 Å². The van der Waals surface area contributed by atoms with Crippen molar-refractivity contribution in [3.63, 3.8) is 0 Å². The second-order valence-corrected chi connectivity index (χ2v) is 3.80. The number of benzene rings is 1. The van der Waals surface area contributed by atoms with Crippen LogP contribution in [0.4, 0.5) is 11.4 Å². The van der Waals surface area contributed by atoms with Crippen LogP contribution in [0, 0.1) is 0 Å². The molecule has 0 aliphatic heterocycles. The zero-order valence-electron chi connectivity index (χ0n) is 8.72. The van der Waals surface area contributed by atoms with Crippen molar-refractivity contribution >= 4 is 28.9 Å². The Bertz CT molecular complexity index is 352. The lowest BCUT2D eigenvalue weighted by Gasteiger charge is -2.07. The summed E-state index contributed by atoms with van der Waals surface area (Å²) in [5.74, 6) is -0.0106. The summed E-state index contributed by atoms with van der Waals surface area (Å²) in [5, 5.41) is 3.22. The molecule has 15 heavy (non-hydrogen) atoms. The predicted octanol–water partition coefficient (Wildman–Crippen LogP) is 3.05. The Morgan fingerprint density at radius 3 is 2.87 bits per heavy atom. The Hall–Kier alpha value is -1.22. The van der Waals surface area contributed by atoms with Crippen molar-refractivity contribution in [3.05, 3.63) is 23.2 Å². The van der Waals surface area contributed by atoms with E-state index in [1.54, 1.807) is 18.2 Å². The van der Waals surface area contributed by atoms with Gasteiger partial charge in [-0.2, -0.15) is 0 Å². The quantitative estimate of drug-likeness (QED) is 0.776. The molecule has 1 aromatic rings. The first-order valence-electron chi connectivity index (χ1n) is 4.98. The van der Waals surface area contributed by atoms with Crippen molar-refractivity contribution in [2.75, 3.05) is 11.1 Å². The summed E-state index contributed by atoms with van der Waals surface area (Å²) < 4.78 is 0. The van der Waals surface area contributed by atoms with E-state index in [-0.39, 0.29) is 5.91 Å². The number of rotatable bonds is 4. The molecule has 3 nitrogen and oxygen atoms in total. The summed E-state index contributed by atoms with van der Waals surface area (Å²) in [7, 11) is 0. The van der Waals surface area contributed by atoms with Crippen LogP contribution in [0.1, 0.15) is 26.2 Å². The standard InChI is InChI=1S/C11H15ClN2O/c1-2-3-4-11(15)14-10-6-5-8(13)7-9(10)12/h5-7H,2-4,13H2,1H3,(H,14,15). The van der Waals surface area contributed by atoms with Crippen molar-refractivity contribution in [2.24, 2.45) is 0 Å². The molecule has 0 atom stereocenters. The number of nitrogen functional groups attached to an aromatic ring is 1. The molecule has 3 N–H and O–H groups in total. The monoisotopic (exact) mass is 226 g/mol. The Kier molecular flexibility index (Phi) is 4.43. The maximum absolute atomic E-state index is 11.4. The molecule has 0 spiro atoms. The van der Waals surface area contributed by atoms with E-state index in [2.05, 4.69) is 5.32 Å². The van der Waals surface area contributed by atoms with Gasteiger partial charge in [0.2, 0.25) is 5.91 Å². The summed E-state index contributed by atoms with van der Waals surface area (Å²) in [6, 6.07) is 5.04. The van der Waals surface area contributed by atoms with E-state index in [4.69, 9.17) is 17.3 Å². The Morgan fingerprint density at radius 2 is 2.27 bits per heavy atom. The molecule has 0 fully saturated rings. The lowest BCUT2D eigenvalue weighted by Crippen LogP contribution is -2.11. The number of anilines is 2. The van der Waals surface area contributed by atoms with Gasteiger partial charge in [0.1, 0.15) is 0 Å². The lowest BCUT2D eigenvalue weighted by atomic mass is 10.2. The molecule has 0 heterocycles. The smallest absolute Gasteiger partial charge is 0.224 e. The average Bonchev–Trinajstić information content (AvgIpc) is 2.19. The molecule has 0 aromatic heterocycles. The SMILES string of the molecule is CCCCC(=O)Nc1ccc(N)cc1Cl. The van der Waals surface area contributed by atoms with Gasteiger partial charge in [-0.3, -0.25) is 4.79 Å². The van der Waals surface area contributed by atoms with Gasteiger partial charge in [0, 0.05) is 12.1 Å². The molecule has 0 radical (unpaired) electrons. The second-order valence-electron chi connectivity index (χ2n) is 3.39. The van der Waals surface area contributed by atoms with Gasteiger partial charge < -0.3 is 11.1 Å². The predicted molar refractivity (Wildman–Crippen MR) is 64.0 cm³/mol. The highest BCUT2D eigenvalue weighted by molar-refractivity contribution is 6.34. The van der Waals surface area contributed by atoms with Gasteiger partial charge in [-0.25, -0.2) is 0 Å². The first-order valence-corrected chi connectivity index (χ1v) is 5.36. The largest absolute Gasteiger partial charge is 0.399 e. The summed E-state index contributed by atoms with van der Waals surface area (Å²) in [4.78, 5) is 11.4. The molecule has 0 aliphatic rings. The Morgan fingerprint density at radius 1 is 1.53 bits per heavy atom. The van der Waals surface area contributed by atoms with E-state index in [0.29, 0.717) is 22.8 Å². The molecular weight excluding hydrogens is 212 g/mol. The number of amides is 1. The van der Waals surface area contributed by atoms with Gasteiger partial charge in [0.25, 0.3) is 0 Å². The Labute approximate surface area is 94.6 Å².